The molecule has 1 amide bonds. The number of pyridine rings is 1. The van der Waals surface area contributed by atoms with Crippen LogP contribution in [0.3, 0.4) is 0 Å². The Bertz CT molecular complexity index is 632. The van der Waals surface area contributed by atoms with Crippen LogP contribution in [0.15, 0.2) is 12.1 Å². The Balaban J connectivity index is 1.73. The molecule has 26 heavy (non-hydrogen) atoms. The van der Waals surface area contributed by atoms with Crippen LogP contribution in [-0.2, 0) is 4.79 Å². The third-order valence-electron chi connectivity index (χ3n) is 4.87. The molecule has 0 aromatic carbocycles. The first-order valence-corrected chi connectivity index (χ1v) is 9.65. The minimum Gasteiger partial charge on any atom is -0.355 e. The van der Waals surface area contributed by atoms with Gasteiger partial charge in [-0.25, -0.2) is 4.98 Å². The highest BCUT2D eigenvalue weighted by Crippen LogP contribution is 2.19. The number of piperazine rings is 1. The van der Waals surface area contributed by atoms with Gasteiger partial charge < -0.3 is 10.2 Å². The number of amides is 1. The molecule has 1 aliphatic rings. The van der Waals surface area contributed by atoms with Crippen LogP contribution in [-0.4, -0.2) is 55.1 Å². The molecule has 1 unspecified atom stereocenters. The van der Waals surface area contributed by atoms with E-state index < -0.39 is 0 Å². The Hall–Kier alpha value is -2.13. The molecule has 1 fully saturated rings. The number of hydrogen-bond donors (Lipinski definition) is 1. The van der Waals surface area contributed by atoms with Crippen molar-refractivity contribution in [1.82, 2.24) is 15.2 Å². The molecule has 1 aromatic heterocycles. The summed E-state index contributed by atoms with van der Waals surface area (Å²) in [5, 5.41) is 12.3. The van der Waals surface area contributed by atoms with Gasteiger partial charge in [0.15, 0.2) is 0 Å². The van der Waals surface area contributed by atoms with Crippen molar-refractivity contribution in [3.05, 3.63) is 23.4 Å². The normalized spacial score (nSPS) is 16.2. The fraction of sp³-hybridized carbons (Fsp3) is 0.650. The molecular formula is C20H31N5O. The maximum Gasteiger partial charge on any atom is 0.220 e. The molecule has 1 aliphatic heterocycles. The summed E-state index contributed by atoms with van der Waals surface area (Å²) >= 11 is 0. The zero-order chi connectivity index (χ0) is 18.9. The summed E-state index contributed by atoms with van der Waals surface area (Å²) in [5.74, 6) is 1.41. The number of rotatable bonds is 8. The third-order valence-corrected chi connectivity index (χ3v) is 4.87. The monoisotopic (exact) mass is 357 g/mol. The minimum absolute atomic E-state index is 0.159. The molecule has 0 bridgehead atoms. The van der Waals surface area contributed by atoms with E-state index in [1.807, 2.05) is 19.1 Å². The van der Waals surface area contributed by atoms with Crippen molar-refractivity contribution < 1.29 is 4.79 Å². The number of carbonyl (C=O) groups excluding carboxylic acids is 1. The highest BCUT2D eigenvalue weighted by molar-refractivity contribution is 5.76. The van der Waals surface area contributed by atoms with E-state index in [1.165, 1.54) is 0 Å². The van der Waals surface area contributed by atoms with E-state index in [0.717, 1.165) is 57.1 Å². The van der Waals surface area contributed by atoms with E-state index in [1.54, 1.807) is 0 Å². The second kappa shape index (κ2) is 10.1. The lowest BCUT2D eigenvalue weighted by atomic mass is 10.0. The second-order valence-electron chi connectivity index (χ2n) is 7.21. The van der Waals surface area contributed by atoms with Gasteiger partial charge in [0, 0.05) is 51.4 Å². The van der Waals surface area contributed by atoms with Crippen LogP contribution in [0, 0.1) is 24.2 Å². The highest BCUT2D eigenvalue weighted by atomic mass is 16.1. The molecule has 0 spiro atoms. The Morgan fingerprint density at radius 2 is 2.08 bits per heavy atom. The van der Waals surface area contributed by atoms with Crippen molar-refractivity contribution in [3.63, 3.8) is 0 Å². The molecule has 1 atom stereocenters. The van der Waals surface area contributed by atoms with E-state index in [0.29, 0.717) is 24.4 Å². The van der Waals surface area contributed by atoms with Crippen molar-refractivity contribution in [3.8, 4) is 6.07 Å². The first kappa shape index (κ1) is 20.2. The summed E-state index contributed by atoms with van der Waals surface area (Å²) in [7, 11) is 0. The smallest absolute Gasteiger partial charge is 0.220 e. The lowest BCUT2D eigenvalue weighted by Gasteiger charge is -2.35. The maximum atomic E-state index is 11.9. The lowest BCUT2D eigenvalue weighted by Crippen LogP contribution is -2.49. The van der Waals surface area contributed by atoms with Crippen LogP contribution < -0.4 is 10.2 Å². The van der Waals surface area contributed by atoms with E-state index in [9.17, 15) is 10.1 Å². The summed E-state index contributed by atoms with van der Waals surface area (Å²) < 4.78 is 0. The van der Waals surface area contributed by atoms with Crippen molar-refractivity contribution >= 4 is 11.7 Å². The summed E-state index contributed by atoms with van der Waals surface area (Å²) in [5.41, 5.74) is 1.57. The second-order valence-corrected chi connectivity index (χ2v) is 7.21. The van der Waals surface area contributed by atoms with Crippen LogP contribution in [0.25, 0.3) is 0 Å². The number of aryl methyl sites for hydroxylation is 1. The SMILES string of the molecule is CCCC(C)CC(=O)NCCN1CCN(c2nc(C)ccc2C#N)CC1. The predicted molar refractivity (Wildman–Crippen MR) is 104 cm³/mol. The van der Waals surface area contributed by atoms with Gasteiger partial charge in [0.25, 0.3) is 0 Å². The highest BCUT2D eigenvalue weighted by Gasteiger charge is 2.20. The van der Waals surface area contributed by atoms with E-state index >= 15 is 0 Å². The fourth-order valence-corrected chi connectivity index (χ4v) is 3.39. The van der Waals surface area contributed by atoms with Crippen LogP contribution in [0.4, 0.5) is 5.82 Å². The van der Waals surface area contributed by atoms with Crippen LogP contribution in [0.5, 0.6) is 0 Å². The summed E-state index contributed by atoms with van der Waals surface area (Å²) in [6.45, 7) is 11.4. The molecule has 1 aromatic rings. The van der Waals surface area contributed by atoms with Crippen LogP contribution >= 0.6 is 0 Å². The molecule has 1 saturated heterocycles. The Labute approximate surface area is 157 Å². The Morgan fingerprint density at radius 3 is 2.73 bits per heavy atom. The van der Waals surface area contributed by atoms with Gasteiger partial charge in [0.2, 0.25) is 5.91 Å². The van der Waals surface area contributed by atoms with Crippen molar-refractivity contribution in [2.24, 2.45) is 5.92 Å². The number of anilines is 1. The lowest BCUT2D eigenvalue weighted by molar-refractivity contribution is -0.122. The first-order chi connectivity index (χ1) is 12.5. The van der Waals surface area contributed by atoms with Gasteiger partial charge in [-0.15, -0.1) is 0 Å². The average molecular weight is 358 g/mol. The number of carbonyl (C=O) groups is 1. The van der Waals surface area contributed by atoms with Gasteiger partial charge in [-0.2, -0.15) is 5.26 Å². The topological polar surface area (TPSA) is 72.3 Å². The molecule has 6 heteroatoms. The van der Waals surface area contributed by atoms with Gasteiger partial charge in [-0.05, 0) is 25.0 Å². The molecule has 2 rings (SSSR count). The zero-order valence-electron chi connectivity index (χ0n) is 16.3. The van der Waals surface area contributed by atoms with Crippen molar-refractivity contribution in [2.45, 2.75) is 40.0 Å². The largest absolute Gasteiger partial charge is 0.355 e. The molecule has 1 N–H and O–H groups in total. The fourth-order valence-electron chi connectivity index (χ4n) is 3.39. The van der Waals surface area contributed by atoms with E-state index in [-0.39, 0.29) is 5.91 Å². The molecule has 0 radical (unpaired) electrons. The van der Waals surface area contributed by atoms with E-state index in [2.05, 4.69) is 40.0 Å². The first-order valence-electron chi connectivity index (χ1n) is 9.65. The maximum absolute atomic E-state index is 11.9. The molecular weight excluding hydrogens is 326 g/mol. The van der Waals surface area contributed by atoms with Gasteiger partial charge in [0.1, 0.15) is 11.9 Å². The third kappa shape index (κ3) is 5.99. The zero-order valence-corrected chi connectivity index (χ0v) is 16.3. The summed E-state index contributed by atoms with van der Waals surface area (Å²) in [6.07, 6.45) is 2.85. The van der Waals surface area contributed by atoms with Gasteiger partial charge >= 0.3 is 0 Å². The summed E-state index contributed by atoms with van der Waals surface area (Å²) in [6, 6.07) is 5.96. The van der Waals surface area contributed by atoms with Crippen LogP contribution in [0.2, 0.25) is 0 Å². The van der Waals surface area contributed by atoms with Gasteiger partial charge in [-0.1, -0.05) is 26.7 Å². The molecule has 0 saturated carbocycles. The molecule has 2 heterocycles. The van der Waals surface area contributed by atoms with Gasteiger partial charge in [-0.3, -0.25) is 9.69 Å². The molecule has 0 aliphatic carbocycles. The number of nitrogens with one attached hydrogen (secondary N) is 1. The number of nitriles is 1. The van der Waals surface area contributed by atoms with Gasteiger partial charge in [0.05, 0.1) is 5.56 Å². The minimum atomic E-state index is 0.159. The average Bonchev–Trinajstić information content (AvgIpc) is 2.62. The van der Waals surface area contributed by atoms with Crippen LogP contribution in [0.1, 0.15) is 44.4 Å². The molecule has 142 valence electrons. The quantitative estimate of drug-likeness (QED) is 0.773. The molecule has 6 nitrogen and oxygen atoms in total. The Morgan fingerprint density at radius 1 is 1.35 bits per heavy atom. The predicted octanol–water partition coefficient (Wildman–Crippen LogP) is 2.33. The number of aromatic nitrogens is 1. The number of hydrogen-bond acceptors (Lipinski definition) is 5. The Kier molecular flexibility index (Phi) is 7.86. The van der Waals surface area contributed by atoms with E-state index in [4.69, 9.17) is 0 Å². The standard InChI is InChI=1S/C20H31N5O/c1-4-5-16(2)14-19(26)22-8-9-24-10-12-25(13-11-24)20-18(15-21)7-6-17(3)23-20/h6-7,16H,4-5,8-14H2,1-3H3,(H,22,26). The van der Waals surface area contributed by atoms with Crippen molar-refractivity contribution in [2.75, 3.05) is 44.2 Å². The number of nitrogens with zero attached hydrogens (tertiary/aromatic N) is 4. The van der Waals surface area contributed by atoms with Crippen molar-refractivity contribution in [1.29, 1.82) is 5.26 Å². The summed E-state index contributed by atoms with van der Waals surface area (Å²) in [4.78, 5) is 21.0.